The van der Waals surface area contributed by atoms with Gasteiger partial charge in [0.1, 0.15) is 0 Å². The Morgan fingerprint density at radius 1 is 1.44 bits per heavy atom. The van der Waals surface area contributed by atoms with Gasteiger partial charge in [-0.2, -0.15) is 0 Å². The zero-order valence-electron chi connectivity index (χ0n) is 9.66. The maximum atomic E-state index is 11.2. The molecule has 0 atom stereocenters. The van der Waals surface area contributed by atoms with Crippen LogP contribution in [0.5, 0.6) is 0 Å². The third-order valence-corrected chi connectivity index (χ3v) is 2.62. The molecule has 1 heterocycles. The summed E-state index contributed by atoms with van der Waals surface area (Å²) in [6.45, 7) is 6.07. The van der Waals surface area contributed by atoms with Crippen molar-refractivity contribution in [3.63, 3.8) is 0 Å². The molecule has 0 aliphatic heterocycles. The Morgan fingerprint density at radius 3 is 2.50 bits per heavy atom. The van der Waals surface area contributed by atoms with Gasteiger partial charge in [-0.25, -0.2) is 9.78 Å². The van der Waals surface area contributed by atoms with E-state index in [0.29, 0.717) is 5.13 Å². The molecular formula is C10H14N2O3S. The second kappa shape index (κ2) is 4.61. The minimum absolute atomic E-state index is 0.0786. The SMILES string of the molecule is COC(=O)C(=O)Nc1nc(C(C)(C)C)cs1. The average Bonchev–Trinajstić information content (AvgIpc) is 2.64. The van der Waals surface area contributed by atoms with E-state index in [4.69, 9.17) is 0 Å². The number of ether oxygens (including phenoxy) is 1. The van der Waals surface area contributed by atoms with Crippen molar-refractivity contribution in [2.24, 2.45) is 0 Å². The van der Waals surface area contributed by atoms with Gasteiger partial charge in [-0.15, -0.1) is 11.3 Å². The summed E-state index contributed by atoms with van der Waals surface area (Å²) in [5.41, 5.74) is 0.794. The van der Waals surface area contributed by atoms with Crippen LogP contribution in [0.3, 0.4) is 0 Å². The number of hydrogen-bond acceptors (Lipinski definition) is 5. The van der Waals surface area contributed by atoms with Gasteiger partial charge >= 0.3 is 11.9 Å². The lowest BCUT2D eigenvalue weighted by molar-refractivity contribution is -0.150. The highest BCUT2D eigenvalue weighted by Crippen LogP contribution is 2.26. The van der Waals surface area contributed by atoms with Crippen LogP contribution in [-0.2, 0) is 19.7 Å². The number of aromatic nitrogens is 1. The van der Waals surface area contributed by atoms with Crippen LogP contribution >= 0.6 is 11.3 Å². The summed E-state index contributed by atoms with van der Waals surface area (Å²) >= 11 is 1.28. The standard InChI is InChI=1S/C10H14N2O3S/c1-10(2,3)6-5-16-9(11-6)12-7(13)8(14)15-4/h5H,1-4H3,(H,11,12,13). The highest BCUT2D eigenvalue weighted by molar-refractivity contribution is 7.14. The van der Waals surface area contributed by atoms with Crippen molar-refractivity contribution in [1.82, 2.24) is 4.98 Å². The van der Waals surface area contributed by atoms with Crippen molar-refractivity contribution in [3.05, 3.63) is 11.1 Å². The van der Waals surface area contributed by atoms with Gasteiger partial charge in [0.2, 0.25) is 0 Å². The van der Waals surface area contributed by atoms with Crippen molar-refractivity contribution in [1.29, 1.82) is 0 Å². The molecule has 0 bridgehead atoms. The normalized spacial score (nSPS) is 11.0. The van der Waals surface area contributed by atoms with Crippen LogP contribution < -0.4 is 5.32 Å². The van der Waals surface area contributed by atoms with E-state index in [1.807, 2.05) is 26.2 Å². The van der Waals surface area contributed by atoms with Gasteiger partial charge in [-0.1, -0.05) is 20.8 Å². The van der Waals surface area contributed by atoms with Gasteiger partial charge in [0, 0.05) is 10.8 Å². The molecule has 0 spiro atoms. The fraction of sp³-hybridized carbons (Fsp3) is 0.500. The number of rotatable bonds is 1. The van der Waals surface area contributed by atoms with Crippen LogP contribution in [0.2, 0.25) is 0 Å². The van der Waals surface area contributed by atoms with E-state index in [2.05, 4.69) is 15.0 Å². The zero-order chi connectivity index (χ0) is 12.3. The summed E-state index contributed by atoms with van der Waals surface area (Å²) in [5, 5.41) is 4.64. The largest absolute Gasteiger partial charge is 0.462 e. The topological polar surface area (TPSA) is 68.3 Å². The molecule has 6 heteroatoms. The van der Waals surface area contributed by atoms with Crippen molar-refractivity contribution in [2.45, 2.75) is 26.2 Å². The van der Waals surface area contributed by atoms with Crippen LogP contribution in [0.15, 0.2) is 5.38 Å². The van der Waals surface area contributed by atoms with E-state index in [1.165, 1.54) is 11.3 Å². The lowest BCUT2D eigenvalue weighted by atomic mass is 9.93. The first kappa shape index (κ1) is 12.6. The number of carbonyl (C=O) groups is 2. The molecule has 0 saturated carbocycles. The molecule has 0 aliphatic rings. The number of methoxy groups -OCH3 is 1. The third kappa shape index (κ3) is 3.03. The van der Waals surface area contributed by atoms with Gasteiger partial charge < -0.3 is 4.74 Å². The Bertz CT molecular complexity index is 406. The summed E-state index contributed by atoms with van der Waals surface area (Å²) in [7, 11) is 1.16. The molecule has 0 radical (unpaired) electrons. The molecule has 16 heavy (non-hydrogen) atoms. The maximum absolute atomic E-state index is 11.2. The Morgan fingerprint density at radius 2 is 2.06 bits per heavy atom. The second-order valence-electron chi connectivity index (χ2n) is 4.23. The lowest BCUT2D eigenvalue weighted by Crippen LogP contribution is -2.24. The lowest BCUT2D eigenvalue weighted by Gasteiger charge is -2.14. The molecule has 1 N–H and O–H groups in total. The van der Waals surface area contributed by atoms with E-state index in [9.17, 15) is 9.59 Å². The predicted molar refractivity (Wildman–Crippen MR) is 61.5 cm³/mol. The maximum Gasteiger partial charge on any atom is 0.396 e. The number of nitrogens with one attached hydrogen (secondary N) is 1. The van der Waals surface area contributed by atoms with Crippen LogP contribution in [0.1, 0.15) is 26.5 Å². The molecule has 1 amide bonds. The quantitative estimate of drug-likeness (QED) is 0.599. The Kier molecular flexibility index (Phi) is 3.64. The van der Waals surface area contributed by atoms with E-state index in [0.717, 1.165) is 12.8 Å². The number of anilines is 1. The first-order valence-corrected chi connectivity index (χ1v) is 5.58. The minimum Gasteiger partial charge on any atom is -0.462 e. The molecule has 0 fully saturated rings. The smallest absolute Gasteiger partial charge is 0.396 e. The molecule has 0 saturated heterocycles. The summed E-state index contributed by atoms with van der Waals surface area (Å²) in [4.78, 5) is 26.3. The van der Waals surface area contributed by atoms with Crippen LogP contribution in [0.25, 0.3) is 0 Å². The molecule has 0 aromatic carbocycles. The molecule has 1 aromatic rings. The van der Waals surface area contributed by atoms with E-state index in [-0.39, 0.29) is 5.41 Å². The zero-order valence-corrected chi connectivity index (χ0v) is 10.5. The van der Waals surface area contributed by atoms with Crippen molar-refractivity contribution in [3.8, 4) is 0 Å². The number of thiazole rings is 1. The minimum atomic E-state index is -0.924. The Labute approximate surface area is 97.8 Å². The average molecular weight is 242 g/mol. The van der Waals surface area contributed by atoms with Gasteiger partial charge in [-0.05, 0) is 0 Å². The number of nitrogens with zero attached hydrogens (tertiary/aromatic N) is 1. The summed E-state index contributed by atoms with van der Waals surface area (Å²) in [6.07, 6.45) is 0. The third-order valence-electron chi connectivity index (χ3n) is 1.86. The highest BCUT2D eigenvalue weighted by Gasteiger charge is 2.20. The van der Waals surface area contributed by atoms with E-state index in [1.54, 1.807) is 0 Å². The van der Waals surface area contributed by atoms with Crippen LogP contribution in [-0.4, -0.2) is 24.0 Å². The highest BCUT2D eigenvalue weighted by atomic mass is 32.1. The van der Waals surface area contributed by atoms with Gasteiger partial charge in [0.15, 0.2) is 5.13 Å². The molecule has 0 unspecified atom stereocenters. The monoisotopic (exact) mass is 242 g/mol. The number of amides is 1. The molecule has 5 nitrogen and oxygen atoms in total. The van der Waals surface area contributed by atoms with Gasteiger partial charge in [0.25, 0.3) is 0 Å². The number of carbonyl (C=O) groups excluding carboxylic acids is 2. The van der Waals surface area contributed by atoms with Crippen molar-refractivity contribution >= 4 is 28.3 Å². The summed E-state index contributed by atoms with van der Waals surface area (Å²) in [6, 6.07) is 0. The fourth-order valence-corrected chi connectivity index (χ4v) is 1.85. The number of hydrogen-bond donors (Lipinski definition) is 1. The predicted octanol–water partition coefficient (Wildman–Crippen LogP) is 1.55. The molecule has 1 rings (SSSR count). The van der Waals surface area contributed by atoms with Crippen molar-refractivity contribution < 1.29 is 14.3 Å². The van der Waals surface area contributed by atoms with Crippen molar-refractivity contribution in [2.75, 3.05) is 12.4 Å². The number of esters is 1. The molecular weight excluding hydrogens is 228 g/mol. The second-order valence-corrected chi connectivity index (χ2v) is 5.09. The van der Waals surface area contributed by atoms with E-state index < -0.39 is 11.9 Å². The van der Waals surface area contributed by atoms with Crippen LogP contribution in [0.4, 0.5) is 5.13 Å². The van der Waals surface area contributed by atoms with Gasteiger partial charge in [-0.3, -0.25) is 10.1 Å². The van der Waals surface area contributed by atoms with Crippen LogP contribution in [0, 0.1) is 0 Å². The molecule has 1 aromatic heterocycles. The first-order chi connectivity index (χ1) is 7.34. The van der Waals surface area contributed by atoms with Gasteiger partial charge in [0.05, 0.1) is 12.8 Å². The summed E-state index contributed by atoms with van der Waals surface area (Å²) in [5.74, 6) is -1.73. The first-order valence-electron chi connectivity index (χ1n) is 4.70. The Balaban J connectivity index is 2.73. The summed E-state index contributed by atoms with van der Waals surface area (Å²) < 4.78 is 4.28. The molecule has 88 valence electrons. The Hall–Kier alpha value is -1.43. The fourth-order valence-electron chi connectivity index (χ4n) is 0.916. The van der Waals surface area contributed by atoms with E-state index >= 15 is 0 Å². The molecule has 0 aliphatic carbocycles.